The zero-order valence-corrected chi connectivity index (χ0v) is 14.1. The molecular formula is C19H30N2O. The number of likely N-dealkylation sites (tertiary alicyclic amines) is 2. The van der Waals surface area contributed by atoms with Gasteiger partial charge in [-0.3, -0.25) is 0 Å². The first-order chi connectivity index (χ1) is 10.7. The number of hydrogen-bond acceptors (Lipinski definition) is 3. The van der Waals surface area contributed by atoms with Gasteiger partial charge in [-0.2, -0.15) is 0 Å². The van der Waals surface area contributed by atoms with Crippen molar-refractivity contribution >= 4 is 0 Å². The van der Waals surface area contributed by atoms with E-state index < -0.39 is 0 Å². The van der Waals surface area contributed by atoms with E-state index in [1.165, 1.54) is 57.5 Å². The van der Waals surface area contributed by atoms with Crippen molar-refractivity contribution < 1.29 is 4.74 Å². The third-order valence-corrected chi connectivity index (χ3v) is 5.76. The molecule has 1 spiro atoms. The Bertz CT molecular complexity index is 454. The van der Waals surface area contributed by atoms with Crippen molar-refractivity contribution in [1.82, 2.24) is 9.80 Å². The number of hydrogen-bond donors (Lipinski definition) is 0. The molecule has 0 N–H and O–H groups in total. The molecule has 2 heterocycles. The summed E-state index contributed by atoms with van der Waals surface area (Å²) in [5, 5.41) is 0. The molecule has 2 saturated heterocycles. The minimum absolute atomic E-state index is 0.508. The van der Waals surface area contributed by atoms with Crippen LogP contribution >= 0.6 is 0 Å². The molecule has 0 saturated carbocycles. The van der Waals surface area contributed by atoms with Gasteiger partial charge in [0.15, 0.2) is 0 Å². The van der Waals surface area contributed by atoms with E-state index in [2.05, 4.69) is 47.2 Å². The van der Waals surface area contributed by atoms with Crippen LogP contribution in [-0.4, -0.2) is 63.3 Å². The minimum Gasteiger partial charge on any atom is -0.384 e. The maximum absolute atomic E-state index is 5.49. The largest absolute Gasteiger partial charge is 0.384 e. The van der Waals surface area contributed by atoms with Crippen molar-refractivity contribution in [1.29, 1.82) is 0 Å². The van der Waals surface area contributed by atoms with E-state index in [1.807, 2.05) is 7.11 Å². The number of methoxy groups -OCH3 is 1. The van der Waals surface area contributed by atoms with E-state index in [9.17, 15) is 0 Å². The number of benzene rings is 1. The lowest BCUT2D eigenvalue weighted by Gasteiger charge is -2.42. The predicted molar refractivity (Wildman–Crippen MR) is 91.1 cm³/mol. The summed E-state index contributed by atoms with van der Waals surface area (Å²) in [5.74, 6) is 0.721. The molecule has 2 fully saturated rings. The van der Waals surface area contributed by atoms with Crippen LogP contribution in [0.1, 0.15) is 18.4 Å². The Labute approximate surface area is 135 Å². The van der Waals surface area contributed by atoms with Gasteiger partial charge in [-0.05, 0) is 50.4 Å². The van der Waals surface area contributed by atoms with E-state index in [0.717, 1.165) is 12.5 Å². The maximum Gasteiger partial charge on any atom is 0.0508 e. The zero-order chi connectivity index (χ0) is 15.4. The summed E-state index contributed by atoms with van der Waals surface area (Å²) in [6.45, 7) is 7.09. The van der Waals surface area contributed by atoms with Crippen molar-refractivity contribution in [3.05, 3.63) is 35.9 Å². The molecule has 0 unspecified atom stereocenters. The predicted octanol–water partition coefficient (Wildman–Crippen LogP) is 2.52. The molecule has 22 heavy (non-hydrogen) atoms. The third kappa shape index (κ3) is 3.53. The Morgan fingerprint density at radius 2 is 1.91 bits per heavy atom. The summed E-state index contributed by atoms with van der Waals surface area (Å²) in [7, 11) is 4.11. The Morgan fingerprint density at radius 1 is 1.18 bits per heavy atom. The maximum atomic E-state index is 5.49. The molecule has 1 atom stereocenters. The summed E-state index contributed by atoms with van der Waals surface area (Å²) in [4.78, 5) is 5.16. The molecule has 1 aromatic carbocycles. The van der Waals surface area contributed by atoms with Crippen molar-refractivity contribution in [2.75, 3.05) is 53.5 Å². The van der Waals surface area contributed by atoms with Gasteiger partial charge >= 0.3 is 0 Å². The fourth-order valence-electron chi connectivity index (χ4n) is 4.45. The lowest BCUT2D eigenvalue weighted by molar-refractivity contribution is 0.0381. The van der Waals surface area contributed by atoms with Gasteiger partial charge in [-0.25, -0.2) is 0 Å². The Morgan fingerprint density at radius 3 is 2.59 bits per heavy atom. The molecule has 0 amide bonds. The van der Waals surface area contributed by atoms with Gasteiger partial charge in [-0.1, -0.05) is 30.3 Å². The highest BCUT2D eigenvalue weighted by molar-refractivity contribution is 5.15. The SMILES string of the molecule is COC[C@H]1CN(C)CC12CCN(CCc1ccccc1)CC2. The molecule has 0 radical (unpaired) electrons. The van der Waals surface area contributed by atoms with Crippen LogP contribution in [0.25, 0.3) is 0 Å². The van der Waals surface area contributed by atoms with Gasteiger partial charge in [0.25, 0.3) is 0 Å². The van der Waals surface area contributed by atoms with Crippen LogP contribution in [0.3, 0.4) is 0 Å². The minimum atomic E-state index is 0.508. The summed E-state index contributed by atoms with van der Waals surface area (Å²) in [5.41, 5.74) is 1.97. The van der Waals surface area contributed by atoms with Crippen LogP contribution in [0.15, 0.2) is 30.3 Å². The quantitative estimate of drug-likeness (QED) is 0.831. The molecule has 0 bridgehead atoms. The van der Waals surface area contributed by atoms with Gasteiger partial charge in [0.05, 0.1) is 6.61 Å². The topological polar surface area (TPSA) is 15.7 Å². The molecule has 2 aliphatic rings. The molecule has 0 aromatic heterocycles. The van der Waals surface area contributed by atoms with Crippen LogP contribution in [0.2, 0.25) is 0 Å². The van der Waals surface area contributed by atoms with Crippen LogP contribution in [-0.2, 0) is 11.2 Å². The first kappa shape index (κ1) is 16.0. The van der Waals surface area contributed by atoms with Gasteiger partial charge in [0, 0.05) is 32.7 Å². The second kappa shape index (κ2) is 7.12. The highest BCUT2D eigenvalue weighted by atomic mass is 16.5. The van der Waals surface area contributed by atoms with E-state index in [1.54, 1.807) is 0 Å². The van der Waals surface area contributed by atoms with Crippen LogP contribution in [0.5, 0.6) is 0 Å². The fourth-order valence-corrected chi connectivity index (χ4v) is 4.45. The van der Waals surface area contributed by atoms with Crippen molar-refractivity contribution in [3.8, 4) is 0 Å². The summed E-state index contributed by atoms with van der Waals surface area (Å²) in [6, 6.07) is 10.9. The van der Waals surface area contributed by atoms with E-state index in [-0.39, 0.29) is 0 Å². The number of piperidine rings is 1. The van der Waals surface area contributed by atoms with Gasteiger partial charge in [0.2, 0.25) is 0 Å². The normalized spacial score (nSPS) is 25.8. The van der Waals surface area contributed by atoms with E-state index >= 15 is 0 Å². The van der Waals surface area contributed by atoms with Crippen LogP contribution in [0, 0.1) is 11.3 Å². The monoisotopic (exact) mass is 302 g/mol. The van der Waals surface area contributed by atoms with Crippen molar-refractivity contribution in [3.63, 3.8) is 0 Å². The Balaban J connectivity index is 1.51. The summed E-state index contributed by atoms with van der Waals surface area (Å²) >= 11 is 0. The van der Waals surface area contributed by atoms with Gasteiger partial charge < -0.3 is 14.5 Å². The average Bonchev–Trinajstić information content (AvgIpc) is 2.84. The number of rotatable bonds is 5. The summed E-state index contributed by atoms with van der Waals surface area (Å²) in [6.07, 6.45) is 3.84. The smallest absolute Gasteiger partial charge is 0.0508 e. The summed E-state index contributed by atoms with van der Waals surface area (Å²) < 4.78 is 5.49. The highest BCUT2D eigenvalue weighted by Crippen LogP contribution is 2.44. The van der Waals surface area contributed by atoms with Crippen molar-refractivity contribution in [2.45, 2.75) is 19.3 Å². The molecule has 122 valence electrons. The highest BCUT2D eigenvalue weighted by Gasteiger charge is 2.46. The van der Waals surface area contributed by atoms with E-state index in [0.29, 0.717) is 5.41 Å². The average molecular weight is 302 g/mol. The van der Waals surface area contributed by atoms with Crippen molar-refractivity contribution in [2.24, 2.45) is 11.3 Å². The van der Waals surface area contributed by atoms with Crippen LogP contribution in [0.4, 0.5) is 0 Å². The molecular weight excluding hydrogens is 272 g/mol. The standard InChI is InChI=1S/C19H30N2O/c1-20-14-18(15-22-2)19(16-20)9-12-21(13-10-19)11-8-17-6-4-3-5-7-17/h3-7,18H,8-16H2,1-2H3/t18-/m1/s1. The van der Waals surface area contributed by atoms with Gasteiger partial charge in [-0.15, -0.1) is 0 Å². The molecule has 3 rings (SSSR count). The molecule has 0 aliphatic carbocycles. The molecule has 2 aliphatic heterocycles. The van der Waals surface area contributed by atoms with E-state index in [4.69, 9.17) is 4.74 Å². The second-order valence-corrected chi connectivity index (χ2v) is 7.29. The Kier molecular flexibility index (Phi) is 5.17. The first-order valence-electron chi connectivity index (χ1n) is 8.66. The third-order valence-electron chi connectivity index (χ3n) is 5.76. The second-order valence-electron chi connectivity index (χ2n) is 7.29. The van der Waals surface area contributed by atoms with Gasteiger partial charge in [0.1, 0.15) is 0 Å². The zero-order valence-electron chi connectivity index (χ0n) is 14.1. The first-order valence-corrected chi connectivity index (χ1v) is 8.66. The Hall–Kier alpha value is -0.900. The lowest BCUT2D eigenvalue weighted by atomic mass is 9.71. The van der Waals surface area contributed by atoms with Crippen LogP contribution < -0.4 is 0 Å². The lowest BCUT2D eigenvalue weighted by Crippen LogP contribution is -2.45. The molecule has 3 heteroatoms. The molecule has 1 aromatic rings. The number of ether oxygens (including phenoxy) is 1. The fraction of sp³-hybridized carbons (Fsp3) is 0.684. The molecule has 3 nitrogen and oxygen atoms in total. The number of nitrogens with zero attached hydrogens (tertiary/aromatic N) is 2.